The maximum atomic E-state index is 12.3. The van der Waals surface area contributed by atoms with E-state index in [1.165, 1.54) is 5.56 Å². The second-order valence-corrected chi connectivity index (χ2v) is 7.18. The molecule has 0 saturated carbocycles. The molecule has 0 saturated heterocycles. The molecule has 1 amide bonds. The Morgan fingerprint density at radius 2 is 1.48 bits per heavy atom. The van der Waals surface area contributed by atoms with E-state index in [4.69, 9.17) is 15.2 Å². The molecule has 2 heterocycles. The SMILES string of the molecule is Cc1ccc(-c2nc3ccc(C)cn3c2CC(=O)N(C)C)cc1.O=C(O)/C=C\C(=O)O. The number of rotatable bonds is 5. The average Bonchev–Trinajstić information content (AvgIpc) is 3.05. The molecule has 0 spiro atoms. The van der Waals surface area contributed by atoms with E-state index >= 15 is 0 Å². The van der Waals surface area contributed by atoms with Gasteiger partial charge in [0.1, 0.15) is 5.65 Å². The van der Waals surface area contributed by atoms with Crippen molar-refractivity contribution in [1.82, 2.24) is 14.3 Å². The number of likely N-dealkylation sites (N-methyl/N-ethyl adjacent to an activating group) is 1. The van der Waals surface area contributed by atoms with Crippen LogP contribution in [0.1, 0.15) is 16.8 Å². The Kier molecular flexibility index (Phi) is 7.68. The summed E-state index contributed by atoms with van der Waals surface area (Å²) in [4.78, 5) is 37.7. The van der Waals surface area contributed by atoms with Crippen molar-refractivity contribution in [2.24, 2.45) is 0 Å². The number of pyridine rings is 1. The zero-order valence-corrected chi connectivity index (χ0v) is 17.9. The summed E-state index contributed by atoms with van der Waals surface area (Å²) in [6.45, 7) is 4.11. The molecule has 0 aliphatic rings. The Hall–Kier alpha value is -3.94. The number of aryl methyl sites for hydroxylation is 2. The van der Waals surface area contributed by atoms with E-state index in [2.05, 4.69) is 31.2 Å². The molecular formula is C23H25N3O5. The Morgan fingerprint density at radius 3 is 2.00 bits per heavy atom. The third-order valence-electron chi connectivity index (χ3n) is 4.38. The Morgan fingerprint density at radius 1 is 0.935 bits per heavy atom. The van der Waals surface area contributed by atoms with Crippen LogP contribution in [-0.4, -0.2) is 56.4 Å². The number of hydrogen-bond donors (Lipinski definition) is 2. The second kappa shape index (κ2) is 10.2. The Bertz CT molecular complexity index is 1110. The minimum Gasteiger partial charge on any atom is -0.478 e. The van der Waals surface area contributed by atoms with Gasteiger partial charge in [-0.2, -0.15) is 0 Å². The van der Waals surface area contributed by atoms with Crippen molar-refractivity contribution in [1.29, 1.82) is 0 Å². The van der Waals surface area contributed by atoms with Gasteiger partial charge in [-0.1, -0.05) is 35.9 Å². The minimum atomic E-state index is -1.26. The highest BCUT2D eigenvalue weighted by Gasteiger charge is 2.18. The zero-order valence-electron chi connectivity index (χ0n) is 17.9. The summed E-state index contributed by atoms with van der Waals surface area (Å²) >= 11 is 0. The molecule has 1 aromatic carbocycles. The lowest BCUT2D eigenvalue weighted by Crippen LogP contribution is -2.24. The molecule has 0 unspecified atom stereocenters. The molecule has 3 aromatic rings. The molecule has 2 aromatic heterocycles. The lowest BCUT2D eigenvalue weighted by molar-refractivity contribution is -0.134. The van der Waals surface area contributed by atoms with Gasteiger partial charge in [0.2, 0.25) is 5.91 Å². The molecule has 2 N–H and O–H groups in total. The number of carboxylic acid groups (broad SMARTS) is 2. The zero-order chi connectivity index (χ0) is 23.1. The van der Waals surface area contributed by atoms with Gasteiger partial charge in [-0.25, -0.2) is 14.6 Å². The van der Waals surface area contributed by atoms with Crippen LogP contribution < -0.4 is 0 Å². The normalized spacial score (nSPS) is 10.6. The van der Waals surface area contributed by atoms with Crippen LogP contribution in [-0.2, 0) is 20.8 Å². The molecule has 162 valence electrons. The Labute approximate surface area is 180 Å². The molecule has 8 heteroatoms. The predicted octanol–water partition coefficient (Wildman–Crippen LogP) is 2.96. The van der Waals surface area contributed by atoms with Gasteiger partial charge in [0.05, 0.1) is 17.8 Å². The number of nitrogens with zero attached hydrogens (tertiary/aromatic N) is 3. The van der Waals surface area contributed by atoms with Crippen LogP contribution in [0.25, 0.3) is 16.9 Å². The van der Waals surface area contributed by atoms with Gasteiger partial charge in [0.25, 0.3) is 0 Å². The van der Waals surface area contributed by atoms with Gasteiger partial charge >= 0.3 is 11.9 Å². The van der Waals surface area contributed by atoms with Crippen molar-refractivity contribution >= 4 is 23.5 Å². The molecule has 0 aliphatic heterocycles. The van der Waals surface area contributed by atoms with E-state index in [9.17, 15) is 14.4 Å². The number of benzene rings is 1. The van der Waals surface area contributed by atoms with Crippen molar-refractivity contribution in [2.45, 2.75) is 20.3 Å². The maximum Gasteiger partial charge on any atom is 0.328 e. The van der Waals surface area contributed by atoms with E-state index < -0.39 is 11.9 Å². The molecule has 8 nitrogen and oxygen atoms in total. The molecule has 0 radical (unpaired) electrons. The molecule has 31 heavy (non-hydrogen) atoms. The summed E-state index contributed by atoms with van der Waals surface area (Å²) in [5.74, 6) is -2.44. The molecule has 0 aliphatic carbocycles. The first-order chi connectivity index (χ1) is 14.6. The lowest BCUT2D eigenvalue weighted by Gasteiger charge is -2.11. The molecule has 0 bridgehead atoms. The summed E-state index contributed by atoms with van der Waals surface area (Å²) in [7, 11) is 3.56. The van der Waals surface area contributed by atoms with Crippen molar-refractivity contribution in [2.75, 3.05) is 14.1 Å². The topological polar surface area (TPSA) is 112 Å². The standard InChI is InChI=1S/C19H21N3O.C4H4O4/c1-13-5-8-15(9-6-13)19-16(11-18(23)21(3)4)22-12-14(2)7-10-17(22)20-19;5-3(6)1-2-4(7)8/h5-10,12H,11H2,1-4H3;1-2H,(H,5,6)(H,7,8)/b;2-1-. The van der Waals surface area contributed by atoms with Crippen LogP contribution in [0, 0.1) is 13.8 Å². The van der Waals surface area contributed by atoms with E-state index in [1.54, 1.807) is 19.0 Å². The first-order valence-electron chi connectivity index (χ1n) is 9.47. The summed E-state index contributed by atoms with van der Waals surface area (Å²) in [5, 5.41) is 15.6. The highest BCUT2D eigenvalue weighted by atomic mass is 16.4. The van der Waals surface area contributed by atoms with Crippen molar-refractivity contribution in [3.8, 4) is 11.3 Å². The smallest absolute Gasteiger partial charge is 0.328 e. The van der Waals surface area contributed by atoms with Crippen molar-refractivity contribution in [3.63, 3.8) is 0 Å². The number of carbonyl (C=O) groups excluding carboxylic acids is 1. The number of hydrogen-bond acceptors (Lipinski definition) is 4. The van der Waals surface area contributed by atoms with Gasteiger partial charge < -0.3 is 19.5 Å². The van der Waals surface area contributed by atoms with Gasteiger partial charge in [-0.15, -0.1) is 0 Å². The summed E-state index contributed by atoms with van der Waals surface area (Å²) in [6.07, 6.45) is 3.49. The van der Waals surface area contributed by atoms with Gasteiger partial charge in [0, 0.05) is 38.0 Å². The number of imidazole rings is 1. The number of aromatic nitrogens is 2. The molecule has 0 atom stereocenters. The summed E-state index contributed by atoms with van der Waals surface area (Å²) in [5.41, 5.74) is 6.08. The van der Waals surface area contributed by atoms with Gasteiger partial charge in [-0.3, -0.25) is 4.79 Å². The van der Waals surface area contributed by atoms with Crippen LogP contribution in [0.3, 0.4) is 0 Å². The number of carbonyl (C=O) groups is 3. The first kappa shape index (κ1) is 23.3. The third-order valence-corrected chi connectivity index (χ3v) is 4.38. The maximum absolute atomic E-state index is 12.3. The van der Waals surface area contributed by atoms with Crippen LogP contribution in [0.15, 0.2) is 54.7 Å². The monoisotopic (exact) mass is 423 g/mol. The fourth-order valence-corrected chi connectivity index (χ4v) is 2.76. The number of carboxylic acids is 2. The second-order valence-electron chi connectivity index (χ2n) is 7.18. The minimum absolute atomic E-state index is 0.0710. The number of amides is 1. The van der Waals surface area contributed by atoms with Crippen LogP contribution in [0.4, 0.5) is 0 Å². The van der Waals surface area contributed by atoms with E-state index in [1.807, 2.05) is 29.7 Å². The Balaban J connectivity index is 0.000000366. The predicted molar refractivity (Wildman–Crippen MR) is 117 cm³/mol. The molecular weight excluding hydrogens is 398 g/mol. The highest BCUT2D eigenvalue weighted by molar-refractivity contribution is 5.89. The number of aliphatic carboxylic acids is 2. The van der Waals surface area contributed by atoms with E-state index in [-0.39, 0.29) is 5.91 Å². The van der Waals surface area contributed by atoms with Crippen LogP contribution in [0.5, 0.6) is 0 Å². The average molecular weight is 423 g/mol. The van der Waals surface area contributed by atoms with Gasteiger partial charge in [-0.05, 0) is 25.5 Å². The molecule has 3 rings (SSSR count). The fraction of sp³-hybridized carbons (Fsp3) is 0.217. The van der Waals surface area contributed by atoms with Crippen molar-refractivity contribution < 1.29 is 24.6 Å². The van der Waals surface area contributed by atoms with Crippen LogP contribution in [0.2, 0.25) is 0 Å². The van der Waals surface area contributed by atoms with Gasteiger partial charge in [0.15, 0.2) is 0 Å². The first-order valence-corrected chi connectivity index (χ1v) is 9.47. The van der Waals surface area contributed by atoms with Crippen molar-refractivity contribution in [3.05, 3.63) is 71.6 Å². The van der Waals surface area contributed by atoms with E-state index in [0.29, 0.717) is 18.6 Å². The van der Waals surface area contributed by atoms with E-state index in [0.717, 1.165) is 28.2 Å². The lowest BCUT2D eigenvalue weighted by atomic mass is 10.1. The summed E-state index contributed by atoms with van der Waals surface area (Å²) in [6, 6.07) is 12.3. The highest BCUT2D eigenvalue weighted by Crippen LogP contribution is 2.26. The quantitative estimate of drug-likeness (QED) is 0.610. The largest absolute Gasteiger partial charge is 0.478 e. The fourth-order valence-electron chi connectivity index (χ4n) is 2.76. The third kappa shape index (κ3) is 6.53. The summed E-state index contributed by atoms with van der Waals surface area (Å²) < 4.78 is 2.03. The molecule has 0 fully saturated rings. The van der Waals surface area contributed by atoms with Crippen LogP contribution >= 0.6 is 0 Å². The number of fused-ring (bicyclic) bond motifs is 1.